The summed E-state index contributed by atoms with van der Waals surface area (Å²) in [6.07, 6.45) is 1.37. The van der Waals surface area contributed by atoms with Gasteiger partial charge in [-0.25, -0.2) is 19.5 Å². The maximum absolute atomic E-state index is 12.6. The molecule has 3 aromatic rings. The number of H-pyrrole nitrogens is 1. The number of carbonyl (C=O) groups excluding carboxylic acids is 3. The summed E-state index contributed by atoms with van der Waals surface area (Å²) in [7, 11) is 0. The van der Waals surface area contributed by atoms with Crippen LogP contribution in [0.3, 0.4) is 0 Å². The standard InChI is InChI=1S/C19H17N7O3/c27-15-10-20-19(29)26(15)14-8-4-7-13(9-14)23-18(28)24-16(17-21-11-22-25-17)12-5-2-1-3-6-12/h1-9,11,16H,10H2,(H,20,29)(H,21,22,25)(H2,23,24,28). The third-order valence-corrected chi connectivity index (χ3v) is 4.32. The molecule has 1 aliphatic heterocycles. The maximum atomic E-state index is 12.6. The number of carbonyl (C=O) groups is 3. The van der Waals surface area contributed by atoms with Gasteiger partial charge in [-0.05, 0) is 23.8 Å². The fourth-order valence-corrected chi connectivity index (χ4v) is 3.01. The molecule has 0 spiro atoms. The summed E-state index contributed by atoms with van der Waals surface area (Å²) in [5.74, 6) is 0.130. The Kier molecular flexibility index (Phi) is 4.89. The number of nitrogens with zero attached hydrogens (tertiary/aromatic N) is 3. The Balaban J connectivity index is 1.51. The van der Waals surface area contributed by atoms with Crippen LogP contribution in [0.1, 0.15) is 17.4 Å². The molecule has 0 bridgehead atoms. The van der Waals surface area contributed by atoms with Crippen LogP contribution in [0.5, 0.6) is 0 Å². The van der Waals surface area contributed by atoms with Gasteiger partial charge < -0.3 is 16.0 Å². The first kappa shape index (κ1) is 18.2. The average Bonchev–Trinajstić information content (AvgIpc) is 3.37. The van der Waals surface area contributed by atoms with Crippen molar-refractivity contribution in [1.29, 1.82) is 0 Å². The number of imide groups is 1. The summed E-state index contributed by atoms with van der Waals surface area (Å²) < 4.78 is 0. The summed E-state index contributed by atoms with van der Waals surface area (Å²) in [5, 5.41) is 14.6. The Labute approximate surface area is 165 Å². The van der Waals surface area contributed by atoms with Crippen LogP contribution in [-0.4, -0.2) is 39.7 Å². The lowest BCUT2D eigenvalue weighted by atomic mass is 10.1. The van der Waals surface area contributed by atoms with Gasteiger partial charge in [-0.2, -0.15) is 5.10 Å². The van der Waals surface area contributed by atoms with Crippen LogP contribution in [0.2, 0.25) is 0 Å². The molecule has 0 saturated carbocycles. The molecule has 1 saturated heterocycles. The van der Waals surface area contributed by atoms with Gasteiger partial charge >= 0.3 is 12.1 Å². The number of amides is 5. The predicted octanol–water partition coefficient (Wildman–Crippen LogP) is 1.77. The maximum Gasteiger partial charge on any atom is 0.329 e. The van der Waals surface area contributed by atoms with E-state index >= 15 is 0 Å². The zero-order valence-electron chi connectivity index (χ0n) is 15.1. The van der Waals surface area contributed by atoms with Crippen molar-refractivity contribution in [3.63, 3.8) is 0 Å². The van der Waals surface area contributed by atoms with Gasteiger partial charge in [0.1, 0.15) is 12.4 Å². The molecule has 2 heterocycles. The Bertz CT molecular complexity index is 1020. The summed E-state index contributed by atoms with van der Waals surface area (Å²) >= 11 is 0. The lowest BCUT2D eigenvalue weighted by Gasteiger charge is -2.18. The molecule has 1 atom stereocenters. The van der Waals surface area contributed by atoms with Crippen LogP contribution in [-0.2, 0) is 4.79 Å². The van der Waals surface area contributed by atoms with Crippen molar-refractivity contribution in [3.8, 4) is 0 Å². The van der Waals surface area contributed by atoms with Crippen molar-refractivity contribution < 1.29 is 14.4 Å². The summed E-state index contributed by atoms with van der Waals surface area (Å²) in [5.41, 5.74) is 1.63. The van der Waals surface area contributed by atoms with E-state index in [0.29, 0.717) is 17.2 Å². The van der Waals surface area contributed by atoms with E-state index in [0.717, 1.165) is 10.5 Å². The zero-order valence-corrected chi connectivity index (χ0v) is 15.1. The largest absolute Gasteiger partial charge is 0.329 e. The molecule has 1 fully saturated rings. The number of anilines is 2. The number of rotatable bonds is 5. The molecule has 2 aromatic carbocycles. The van der Waals surface area contributed by atoms with Crippen molar-refractivity contribution in [3.05, 3.63) is 72.3 Å². The Morgan fingerprint density at radius 2 is 1.93 bits per heavy atom. The molecular formula is C19H17N7O3. The van der Waals surface area contributed by atoms with Gasteiger partial charge in [-0.1, -0.05) is 36.4 Å². The van der Waals surface area contributed by atoms with Crippen molar-refractivity contribution in [2.75, 3.05) is 16.8 Å². The van der Waals surface area contributed by atoms with Crippen LogP contribution in [0, 0.1) is 0 Å². The van der Waals surface area contributed by atoms with Gasteiger partial charge in [0.25, 0.3) is 5.91 Å². The lowest BCUT2D eigenvalue weighted by Crippen LogP contribution is -2.34. The third-order valence-electron chi connectivity index (χ3n) is 4.32. The topological polar surface area (TPSA) is 132 Å². The van der Waals surface area contributed by atoms with Crippen LogP contribution < -0.4 is 20.9 Å². The van der Waals surface area contributed by atoms with Crippen LogP contribution in [0.25, 0.3) is 0 Å². The van der Waals surface area contributed by atoms with Crippen molar-refractivity contribution in [2.45, 2.75) is 6.04 Å². The number of hydrogen-bond donors (Lipinski definition) is 4. The van der Waals surface area contributed by atoms with Crippen molar-refractivity contribution in [2.24, 2.45) is 0 Å². The van der Waals surface area contributed by atoms with E-state index in [1.165, 1.54) is 6.33 Å². The molecule has 5 amide bonds. The highest BCUT2D eigenvalue weighted by atomic mass is 16.2. The Morgan fingerprint density at radius 1 is 1.10 bits per heavy atom. The first-order chi connectivity index (χ1) is 14.1. The minimum absolute atomic E-state index is 0.0487. The monoisotopic (exact) mass is 391 g/mol. The molecule has 10 nitrogen and oxygen atoms in total. The van der Waals surface area contributed by atoms with Gasteiger partial charge in [0.2, 0.25) is 0 Å². The Morgan fingerprint density at radius 3 is 2.62 bits per heavy atom. The molecular weight excluding hydrogens is 374 g/mol. The SMILES string of the molecule is O=C(Nc1cccc(N2C(=O)CNC2=O)c1)NC(c1ccccc1)c1ncn[nH]1. The second kappa shape index (κ2) is 7.80. The number of benzene rings is 2. The van der Waals surface area contributed by atoms with Crippen molar-refractivity contribution in [1.82, 2.24) is 25.8 Å². The molecule has 0 aliphatic carbocycles. The van der Waals surface area contributed by atoms with Gasteiger partial charge in [-0.3, -0.25) is 9.89 Å². The number of aromatic amines is 1. The highest BCUT2D eigenvalue weighted by Gasteiger charge is 2.30. The fourth-order valence-electron chi connectivity index (χ4n) is 3.01. The molecule has 1 aromatic heterocycles. The molecule has 10 heteroatoms. The highest BCUT2D eigenvalue weighted by Crippen LogP contribution is 2.22. The van der Waals surface area contributed by atoms with Gasteiger partial charge in [0, 0.05) is 5.69 Å². The molecule has 146 valence electrons. The van der Waals surface area contributed by atoms with Gasteiger partial charge in [0.15, 0.2) is 5.82 Å². The van der Waals surface area contributed by atoms with E-state index in [1.54, 1.807) is 24.3 Å². The van der Waals surface area contributed by atoms with E-state index in [4.69, 9.17) is 0 Å². The van der Waals surface area contributed by atoms with Crippen LogP contribution >= 0.6 is 0 Å². The average molecular weight is 391 g/mol. The smallest absolute Gasteiger partial charge is 0.328 e. The molecule has 4 rings (SSSR count). The van der Waals surface area contributed by atoms with Crippen LogP contribution in [0.15, 0.2) is 60.9 Å². The first-order valence-electron chi connectivity index (χ1n) is 8.80. The number of nitrogens with one attached hydrogen (secondary N) is 4. The zero-order chi connectivity index (χ0) is 20.2. The normalized spacial score (nSPS) is 14.4. The van der Waals surface area contributed by atoms with E-state index in [9.17, 15) is 14.4 Å². The number of urea groups is 2. The van der Waals surface area contributed by atoms with Crippen molar-refractivity contribution >= 4 is 29.3 Å². The second-order valence-corrected chi connectivity index (χ2v) is 6.25. The van der Waals surface area contributed by atoms with Gasteiger partial charge in [-0.15, -0.1) is 0 Å². The molecule has 29 heavy (non-hydrogen) atoms. The first-order valence-corrected chi connectivity index (χ1v) is 8.80. The summed E-state index contributed by atoms with van der Waals surface area (Å²) in [4.78, 5) is 41.5. The molecule has 0 radical (unpaired) electrons. The van der Waals surface area contributed by atoms with Gasteiger partial charge in [0.05, 0.1) is 12.2 Å². The fraction of sp³-hybridized carbons (Fsp3) is 0.105. The highest BCUT2D eigenvalue weighted by molar-refractivity contribution is 6.20. The molecule has 1 unspecified atom stereocenters. The minimum atomic E-state index is -0.534. The summed E-state index contributed by atoms with van der Waals surface area (Å²) in [6, 6.07) is 14.3. The second-order valence-electron chi connectivity index (χ2n) is 6.25. The Hall–Kier alpha value is -4.21. The number of aromatic nitrogens is 3. The van der Waals surface area contributed by atoms with E-state index in [1.807, 2.05) is 30.3 Å². The summed E-state index contributed by atoms with van der Waals surface area (Å²) in [6.45, 7) is -0.0487. The van der Waals surface area contributed by atoms with Crippen LogP contribution in [0.4, 0.5) is 21.0 Å². The van der Waals surface area contributed by atoms with E-state index < -0.39 is 18.1 Å². The quantitative estimate of drug-likeness (QED) is 0.492. The predicted molar refractivity (Wildman–Crippen MR) is 104 cm³/mol. The third kappa shape index (κ3) is 3.90. The lowest BCUT2D eigenvalue weighted by molar-refractivity contribution is -0.115. The minimum Gasteiger partial charge on any atom is -0.328 e. The molecule has 4 N–H and O–H groups in total. The number of hydrogen-bond acceptors (Lipinski definition) is 5. The van der Waals surface area contributed by atoms with E-state index in [-0.39, 0.29) is 12.5 Å². The molecule has 1 aliphatic rings. The van der Waals surface area contributed by atoms with E-state index in [2.05, 4.69) is 31.1 Å².